The second kappa shape index (κ2) is 6.25. The van der Waals surface area contributed by atoms with Crippen LogP contribution < -0.4 is 0 Å². The van der Waals surface area contributed by atoms with Gasteiger partial charge in [-0.25, -0.2) is 0 Å². The van der Waals surface area contributed by atoms with Gasteiger partial charge in [0.25, 0.3) is 0 Å². The number of hydrogen-bond acceptors (Lipinski definition) is 1. The van der Waals surface area contributed by atoms with Crippen LogP contribution in [0.25, 0.3) is 0 Å². The molecule has 0 aromatic heterocycles. The topological polar surface area (TPSA) is 3.24 Å². The first-order chi connectivity index (χ1) is 6.08. The Morgan fingerprint density at radius 2 is 1.69 bits per heavy atom. The Morgan fingerprint density at radius 3 is 1.92 bits per heavy atom. The summed E-state index contributed by atoms with van der Waals surface area (Å²) in [5.74, 6) is 0. The molecule has 0 radical (unpaired) electrons. The molecular weight excluding hydrogens is 174 g/mol. The third-order valence-electron chi connectivity index (χ3n) is 2.67. The smallest absolute Gasteiger partial charge is 0.0355 e. The van der Waals surface area contributed by atoms with E-state index >= 15 is 0 Å². The van der Waals surface area contributed by atoms with E-state index < -0.39 is 0 Å². The van der Waals surface area contributed by atoms with Gasteiger partial charge in [0.2, 0.25) is 0 Å². The van der Waals surface area contributed by atoms with Crippen molar-refractivity contribution in [2.24, 2.45) is 0 Å². The van der Waals surface area contributed by atoms with Gasteiger partial charge in [-0.05, 0) is 33.6 Å². The summed E-state index contributed by atoms with van der Waals surface area (Å²) in [6, 6.07) is 0.649. The Morgan fingerprint density at radius 1 is 1.15 bits per heavy atom. The van der Waals surface area contributed by atoms with Crippen molar-refractivity contribution < 1.29 is 0 Å². The lowest BCUT2D eigenvalue weighted by atomic mass is 10.2. The zero-order valence-corrected chi connectivity index (χ0v) is 12.1. The molecule has 0 bridgehead atoms. The average Bonchev–Trinajstić information content (AvgIpc) is 2.12. The van der Waals surface area contributed by atoms with Crippen LogP contribution in [-0.2, 0) is 0 Å². The fourth-order valence-electron chi connectivity index (χ4n) is 1.82. The average molecular weight is 199 g/mol. The molecule has 0 saturated heterocycles. The monoisotopic (exact) mass is 199 g/mol. The number of allylic oxidation sites excluding steroid dienone is 2. The van der Waals surface area contributed by atoms with Crippen molar-refractivity contribution in [3.8, 4) is 0 Å². The summed E-state index contributed by atoms with van der Waals surface area (Å²) < 4.78 is 0. The number of hydrogen-bond donors (Lipinski definition) is 0. The first kappa shape index (κ1) is 12.8. The normalized spacial score (nSPS) is 13.4. The van der Waals surface area contributed by atoms with Crippen molar-refractivity contribution in [2.75, 3.05) is 6.54 Å². The van der Waals surface area contributed by atoms with Gasteiger partial charge in [0.15, 0.2) is 0 Å². The molecule has 0 aliphatic heterocycles. The summed E-state index contributed by atoms with van der Waals surface area (Å²) in [5.41, 5.74) is 1.60. The minimum absolute atomic E-state index is 0.649. The van der Waals surface area contributed by atoms with Gasteiger partial charge in [-0.1, -0.05) is 19.0 Å². The van der Waals surface area contributed by atoms with Gasteiger partial charge in [0.05, 0.1) is 0 Å². The van der Waals surface area contributed by atoms with Crippen molar-refractivity contribution >= 4 is 10.2 Å². The van der Waals surface area contributed by atoms with Crippen LogP contribution in [0, 0.1) is 0 Å². The van der Waals surface area contributed by atoms with Crippen LogP contribution in [0.4, 0.5) is 0 Å². The number of nitrogens with zero attached hydrogens (tertiary/aromatic N) is 1. The highest BCUT2D eigenvalue weighted by Gasteiger charge is 2.10. The predicted octanol–water partition coefficient (Wildman–Crippen LogP) is 2.11. The Bertz CT molecular complexity index is 173. The number of rotatable bonds is 5. The summed E-state index contributed by atoms with van der Waals surface area (Å²) in [7, 11) is 1.22. The van der Waals surface area contributed by atoms with E-state index in [0.29, 0.717) is 6.04 Å². The maximum Gasteiger partial charge on any atom is 0.0355 e. The molecule has 0 rings (SSSR count). The second-order valence-electron chi connectivity index (χ2n) is 3.81. The Hall–Kier alpha value is -0.243. The highest BCUT2D eigenvalue weighted by molar-refractivity contribution is 6.21. The minimum atomic E-state index is 0.649. The second-order valence-corrected chi connectivity index (χ2v) is 5.02. The van der Waals surface area contributed by atoms with E-state index in [1.165, 1.54) is 23.1 Å². The third-order valence-corrected chi connectivity index (χ3v) is 3.95. The highest BCUT2D eigenvalue weighted by Crippen LogP contribution is 2.17. The molecule has 0 saturated carbocycles. The van der Waals surface area contributed by atoms with E-state index in [0.717, 1.165) is 6.54 Å². The van der Waals surface area contributed by atoms with Crippen LogP contribution in [-0.4, -0.2) is 27.7 Å². The molecule has 0 aromatic carbocycles. The van der Waals surface area contributed by atoms with Gasteiger partial charge >= 0.3 is 0 Å². The van der Waals surface area contributed by atoms with Crippen molar-refractivity contribution in [2.45, 2.75) is 53.5 Å². The van der Waals surface area contributed by atoms with Crippen LogP contribution in [0.15, 0.2) is 10.9 Å². The molecule has 1 nitrogen and oxygen atoms in total. The molecule has 0 spiro atoms. The molecule has 0 heterocycles. The van der Waals surface area contributed by atoms with Gasteiger partial charge in [-0.15, -0.1) is 0 Å². The maximum absolute atomic E-state index is 2.53. The fraction of sp³-hybridized carbons (Fsp3) is 0.818. The van der Waals surface area contributed by atoms with Crippen molar-refractivity contribution in [3.63, 3.8) is 0 Å². The molecular formula is C11H25NSi. The first-order valence-electron chi connectivity index (χ1n) is 5.53. The first-order valence-corrected chi connectivity index (χ1v) is 6.53. The van der Waals surface area contributed by atoms with E-state index in [4.69, 9.17) is 0 Å². The standard InChI is InChI=1S/C11H25NSi/c1-6-10(11(13)7-2)12(8-3)9(4)5/h9H,6-8H2,1-5,13H3. The summed E-state index contributed by atoms with van der Waals surface area (Å²) in [6.45, 7) is 12.5. The molecule has 0 atom stereocenters. The molecule has 0 amide bonds. The molecule has 0 aromatic rings. The third kappa shape index (κ3) is 3.55. The molecule has 0 unspecified atom stereocenters. The molecule has 0 aliphatic carbocycles. The summed E-state index contributed by atoms with van der Waals surface area (Å²) in [5, 5.41) is 1.68. The predicted molar refractivity (Wildman–Crippen MR) is 65.1 cm³/mol. The quantitative estimate of drug-likeness (QED) is 0.613. The van der Waals surface area contributed by atoms with Crippen LogP contribution >= 0.6 is 0 Å². The molecule has 2 heteroatoms. The Kier molecular flexibility index (Phi) is 6.13. The van der Waals surface area contributed by atoms with Crippen molar-refractivity contribution in [1.82, 2.24) is 4.90 Å². The van der Waals surface area contributed by atoms with Crippen LogP contribution in [0.5, 0.6) is 0 Å². The van der Waals surface area contributed by atoms with Crippen LogP contribution in [0.1, 0.15) is 47.5 Å². The molecule has 13 heavy (non-hydrogen) atoms. The zero-order valence-electron chi connectivity index (χ0n) is 10.1. The van der Waals surface area contributed by atoms with E-state index in [1.54, 1.807) is 10.9 Å². The van der Waals surface area contributed by atoms with Gasteiger partial charge < -0.3 is 4.90 Å². The summed E-state index contributed by atoms with van der Waals surface area (Å²) in [6.07, 6.45) is 2.43. The van der Waals surface area contributed by atoms with E-state index in [1.807, 2.05) is 0 Å². The SMILES string of the molecule is CCC([SiH3])=C(CC)N(CC)C(C)C. The lowest BCUT2D eigenvalue weighted by Gasteiger charge is -2.31. The fourth-order valence-corrected chi connectivity index (χ4v) is 2.46. The largest absolute Gasteiger partial charge is 0.373 e. The lowest BCUT2D eigenvalue weighted by Crippen LogP contribution is -2.30. The Labute approximate surface area is 86.6 Å². The van der Waals surface area contributed by atoms with Gasteiger partial charge in [0, 0.05) is 28.5 Å². The van der Waals surface area contributed by atoms with Gasteiger partial charge in [-0.3, -0.25) is 0 Å². The summed E-state index contributed by atoms with van der Waals surface area (Å²) >= 11 is 0. The van der Waals surface area contributed by atoms with Crippen LogP contribution in [0.2, 0.25) is 0 Å². The lowest BCUT2D eigenvalue weighted by molar-refractivity contribution is 0.288. The van der Waals surface area contributed by atoms with Gasteiger partial charge in [0.1, 0.15) is 0 Å². The molecule has 78 valence electrons. The maximum atomic E-state index is 2.53. The van der Waals surface area contributed by atoms with Crippen molar-refractivity contribution in [3.05, 3.63) is 10.9 Å². The van der Waals surface area contributed by atoms with Gasteiger partial charge in [-0.2, -0.15) is 0 Å². The minimum Gasteiger partial charge on any atom is -0.373 e. The molecule has 0 N–H and O–H groups in total. The van der Waals surface area contributed by atoms with E-state index in [-0.39, 0.29) is 0 Å². The molecule has 0 aliphatic rings. The zero-order chi connectivity index (χ0) is 10.4. The Balaban J connectivity index is 4.72. The summed E-state index contributed by atoms with van der Waals surface area (Å²) in [4.78, 5) is 2.53. The molecule has 0 fully saturated rings. The van der Waals surface area contributed by atoms with Crippen molar-refractivity contribution in [1.29, 1.82) is 0 Å². The highest BCUT2D eigenvalue weighted by atomic mass is 28.1. The van der Waals surface area contributed by atoms with Crippen LogP contribution in [0.3, 0.4) is 0 Å². The van der Waals surface area contributed by atoms with E-state index in [2.05, 4.69) is 39.5 Å². The van der Waals surface area contributed by atoms with E-state index in [9.17, 15) is 0 Å².